The van der Waals surface area contributed by atoms with Crippen molar-refractivity contribution >= 4 is 114 Å². The van der Waals surface area contributed by atoms with Gasteiger partial charge in [0.2, 0.25) is 0 Å². The van der Waals surface area contributed by atoms with Crippen LogP contribution in [0.4, 0.5) is 17.1 Å². The molecule has 4 nitrogen and oxygen atoms in total. The molecule has 0 amide bonds. The molecule has 0 aliphatic heterocycles. The number of nitrogens with zero attached hydrogens (tertiary/aromatic N) is 1. The number of fused-ring (bicyclic) bond motifs is 13. The number of thiophene rings is 1. The normalized spacial score (nSPS) is 12.3. The fraction of sp³-hybridized carbons (Fsp3) is 0. The molecule has 0 radical (unpaired) electrons. The van der Waals surface area contributed by atoms with Gasteiger partial charge in [0.15, 0.2) is 11.2 Å². The molecule has 0 unspecified atom stereocenters. The van der Waals surface area contributed by atoms with Crippen LogP contribution in [0.3, 0.4) is 0 Å². The molecule has 4 heterocycles. The molecule has 11 aromatic rings. The first-order chi connectivity index (χ1) is 23.3. The first-order valence-corrected chi connectivity index (χ1v) is 16.5. The first-order valence-electron chi connectivity index (χ1n) is 15.7. The molecule has 7 aromatic carbocycles. The van der Waals surface area contributed by atoms with Crippen LogP contribution in [0.1, 0.15) is 0 Å². The topological polar surface area (TPSA) is 42.7 Å². The Balaban J connectivity index is 1.35. The fourth-order valence-corrected chi connectivity index (χ4v) is 8.73. The minimum atomic E-state index is 0.819. The van der Waals surface area contributed by atoms with Crippen molar-refractivity contribution in [2.45, 2.75) is 0 Å². The zero-order valence-corrected chi connectivity index (χ0v) is 25.7. The standard InChI is InChI=1S/C42H23NO3S/c1-5-19-33-24(11-1)26-15-9-17-30(40(26)45-33)43(31-18-10-16-27-25-12-2-6-20-34(25)46-41(27)31)32-23-36-39(28-13-3-7-21-35(28)44-36)42-38(32)29-14-4-8-22-37(29)47-42/h1-23H. The van der Waals surface area contributed by atoms with Crippen LogP contribution >= 0.6 is 11.3 Å². The second-order valence-corrected chi connectivity index (χ2v) is 13.1. The SMILES string of the molecule is c1ccc2c(c1)oc1c(N(c3cccc4c3oc3ccccc34)c3cc4oc5ccccc5c4c4sc5ccccc5c34)cccc12. The lowest BCUT2D eigenvalue weighted by molar-refractivity contribution is 0.665. The van der Waals surface area contributed by atoms with Gasteiger partial charge in [-0.15, -0.1) is 11.3 Å². The van der Waals surface area contributed by atoms with E-state index in [0.29, 0.717) is 0 Å². The van der Waals surface area contributed by atoms with E-state index in [1.807, 2.05) is 41.7 Å². The van der Waals surface area contributed by atoms with Gasteiger partial charge in [-0.3, -0.25) is 0 Å². The predicted molar refractivity (Wildman–Crippen MR) is 196 cm³/mol. The summed E-state index contributed by atoms with van der Waals surface area (Å²) in [7, 11) is 0. The third kappa shape index (κ3) is 3.41. The van der Waals surface area contributed by atoms with Gasteiger partial charge in [0.25, 0.3) is 0 Å². The molecule has 0 fully saturated rings. The number of hydrogen-bond donors (Lipinski definition) is 0. The van der Waals surface area contributed by atoms with Gasteiger partial charge in [0, 0.05) is 58.6 Å². The molecule has 0 aliphatic rings. The van der Waals surface area contributed by atoms with Crippen LogP contribution in [0, 0.1) is 0 Å². The minimum Gasteiger partial charge on any atom is -0.456 e. The summed E-state index contributed by atoms with van der Waals surface area (Å²) in [5.74, 6) is 0. The minimum absolute atomic E-state index is 0.819. The second-order valence-electron chi connectivity index (χ2n) is 12.0. The average molecular weight is 622 g/mol. The summed E-state index contributed by atoms with van der Waals surface area (Å²) in [6, 6.07) is 48.5. The maximum Gasteiger partial charge on any atom is 0.159 e. The first kappa shape index (κ1) is 25.2. The van der Waals surface area contributed by atoms with Crippen LogP contribution in [-0.2, 0) is 0 Å². The van der Waals surface area contributed by atoms with Crippen molar-refractivity contribution in [1.29, 1.82) is 0 Å². The molecular weight excluding hydrogens is 599 g/mol. The van der Waals surface area contributed by atoms with Crippen molar-refractivity contribution in [3.63, 3.8) is 0 Å². The Morgan fingerprint density at radius 3 is 1.53 bits per heavy atom. The zero-order valence-electron chi connectivity index (χ0n) is 24.9. The fourth-order valence-electron chi connectivity index (χ4n) is 7.45. The highest BCUT2D eigenvalue weighted by Gasteiger charge is 2.28. The van der Waals surface area contributed by atoms with Crippen molar-refractivity contribution < 1.29 is 13.3 Å². The molecule has 220 valence electrons. The molecule has 5 heteroatoms. The van der Waals surface area contributed by atoms with Crippen LogP contribution in [0.2, 0.25) is 0 Å². The van der Waals surface area contributed by atoms with E-state index in [9.17, 15) is 0 Å². The summed E-state index contributed by atoms with van der Waals surface area (Å²) >= 11 is 1.81. The molecule has 0 saturated heterocycles. The molecule has 11 rings (SSSR count). The van der Waals surface area contributed by atoms with Crippen molar-refractivity contribution in [2.75, 3.05) is 4.90 Å². The highest BCUT2D eigenvalue weighted by atomic mass is 32.1. The quantitative estimate of drug-likeness (QED) is 0.197. The van der Waals surface area contributed by atoms with Gasteiger partial charge in [0.1, 0.15) is 22.3 Å². The van der Waals surface area contributed by atoms with Crippen molar-refractivity contribution in [2.24, 2.45) is 0 Å². The van der Waals surface area contributed by atoms with Crippen LogP contribution < -0.4 is 4.90 Å². The van der Waals surface area contributed by atoms with E-state index in [1.165, 1.54) is 20.2 Å². The van der Waals surface area contributed by atoms with Gasteiger partial charge < -0.3 is 18.2 Å². The molecule has 0 spiro atoms. The molecule has 0 atom stereocenters. The number of hydrogen-bond acceptors (Lipinski definition) is 5. The maximum absolute atomic E-state index is 6.70. The molecule has 0 saturated carbocycles. The van der Waals surface area contributed by atoms with Gasteiger partial charge in [-0.05, 0) is 36.4 Å². The Kier molecular flexibility index (Phi) is 4.96. The van der Waals surface area contributed by atoms with E-state index < -0.39 is 0 Å². The summed E-state index contributed by atoms with van der Waals surface area (Å²) in [5.41, 5.74) is 7.94. The molecule has 0 aliphatic carbocycles. The number of rotatable bonds is 3. The monoisotopic (exact) mass is 621 g/mol. The smallest absolute Gasteiger partial charge is 0.159 e. The van der Waals surface area contributed by atoms with Crippen LogP contribution in [-0.4, -0.2) is 0 Å². The number of benzene rings is 7. The highest BCUT2D eigenvalue weighted by Crippen LogP contribution is 2.52. The molecule has 0 N–H and O–H groups in total. The predicted octanol–water partition coefficient (Wildman–Crippen LogP) is 13.2. The van der Waals surface area contributed by atoms with E-state index in [-0.39, 0.29) is 0 Å². The van der Waals surface area contributed by atoms with E-state index in [0.717, 1.165) is 82.9 Å². The number of furan rings is 3. The number of para-hydroxylation sites is 5. The summed E-state index contributed by atoms with van der Waals surface area (Å²) in [4.78, 5) is 2.32. The second kappa shape index (κ2) is 9.25. The molecule has 47 heavy (non-hydrogen) atoms. The van der Waals surface area contributed by atoms with Crippen molar-refractivity contribution in [1.82, 2.24) is 0 Å². The van der Waals surface area contributed by atoms with Gasteiger partial charge in [-0.1, -0.05) is 97.1 Å². The van der Waals surface area contributed by atoms with E-state index in [2.05, 4.69) is 114 Å². The Morgan fingerprint density at radius 2 is 0.894 bits per heavy atom. The lowest BCUT2D eigenvalue weighted by Crippen LogP contribution is -2.11. The largest absolute Gasteiger partial charge is 0.456 e. The maximum atomic E-state index is 6.70. The van der Waals surface area contributed by atoms with Gasteiger partial charge in [0.05, 0.1) is 17.1 Å². The van der Waals surface area contributed by atoms with Gasteiger partial charge >= 0.3 is 0 Å². The summed E-state index contributed by atoms with van der Waals surface area (Å²) in [6.07, 6.45) is 0. The van der Waals surface area contributed by atoms with Crippen molar-refractivity contribution in [3.8, 4) is 0 Å². The summed E-state index contributed by atoms with van der Waals surface area (Å²) in [6.45, 7) is 0. The van der Waals surface area contributed by atoms with Gasteiger partial charge in [-0.2, -0.15) is 0 Å². The van der Waals surface area contributed by atoms with Crippen LogP contribution in [0.15, 0.2) is 153 Å². The summed E-state index contributed by atoms with van der Waals surface area (Å²) < 4.78 is 22.5. The Labute approximate surface area is 271 Å². The Morgan fingerprint density at radius 1 is 0.383 bits per heavy atom. The van der Waals surface area contributed by atoms with E-state index in [1.54, 1.807) is 0 Å². The van der Waals surface area contributed by atoms with Crippen molar-refractivity contribution in [3.05, 3.63) is 140 Å². The highest BCUT2D eigenvalue weighted by molar-refractivity contribution is 7.27. The Hall–Kier alpha value is -6.04. The molecule has 0 bridgehead atoms. The summed E-state index contributed by atoms with van der Waals surface area (Å²) in [5, 5.41) is 8.95. The average Bonchev–Trinajstić information content (AvgIpc) is 3.88. The lowest BCUT2D eigenvalue weighted by Gasteiger charge is -2.26. The van der Waals surface area contributed by atoms with Crippen LogP contribution in [0.25, 0.3) is 86.0 Å². The van der Waals surface area contributed by atoms with E-state index in [4.69, 9.17) is 13.3 Å². The molecular formula is C42H23NO3S. The third-order valence-corrected chi connectivity index (χ3v) is 10.6. The zero-order chi connectivity index (χ0) is 30.6. The van der Waals surface area contributed by atoms with E-state index >= 15 is 0 Å². The van der Waals surface area contributed by atoms with Gasteiger partial charge in [-0.25, -0.2) is 0 Å². The van der Waals surface area contributed by atoms with Crippen LogP contribution in [0.5, 0.6) is 0 Å². The number of anilines is 3. The Bertz CT molecular complexity index is 2930. The lowest BCUT2D eigenvalue weighted by atomic mass is 10.0. The molecule has 4 aromatic heterocycles. The third-order valence-electron chi connectivity index (χ3n) is 9.46.